The first kappa shape index (κ1) is 72.4. The van der Waals surface area contributed by atoms with E-state index in [1.165, 1.54) is 263 Å². The third-order valence-electron chi connectivity index (χ3n) is 16.0. The molecule has 0 heterocycles. The van der Waals surface area contributed by atoms with Gasteiger partial charge < -0.3 is 14.2 Å². The SMILES string of the molecule is CCC(C)CCCCCCCCCCCCCCCCCCCCC(=O)OC[C@@H](COC(=O)CCCCCCCCCCCCCCCCC(C)C)OC(=O)CCCCCCCCCCCCCCCCC(C)C. The molecule has 0 aromatic carbocycles. The topological polar surface area (TPSA) is 78.9 Å². The van der Waals surface area contributed by atoms with Crippen molar-refractivity contribution in [2.24, 2.45) is 17.8 Å². The van der Waals surface area contributed by atoms with Crippen molar-refractivity contribution in [3.8, 4) is 0 Å². The Balaban J connectivity index is 4.27. The van der Waals surface area contributed by atoms with Gasteiger partial charge in [0.05, 0.1) is 0 Å². The van der Waals surface area contributed by atoms with Gasteiger partial charge in [-0.15, -0.1) is 0 Å². The number of carbonyl (C=O) groups is 3. The Kier molecular flexibility index (Phi) is 57.8. The van der Waals surface area contributed by atoms with Gasteiger partial charge in [0.15, 0.2) is 6.10 Å². The maximum Gasteiger partial charge on any atom is 0.306 e. The first-order valence-corrected chi connectivity index (χ1v) is 33.6. The highest BCUT2D eigenvalue weighted by Crippen LogP contribution is 2.20. The highest BCUT2D eigenvalue weighted by molar-refractivity contribution is 5.71. The van der Waals surface area contributed by atoms with Crippen LogP contribution in [0, 0.1) is 17.8 Å². The third kappa shape index (κ3) is 59.7. The molecule has 0 aliphatic carbocycles. The lowest BCUT2D eigenvalue weighted by Crippen LogP contribution is -2.30. The summed E-state index contributed by atoms with van der Waals surface area (Å²) in [6.45, 7) is 13.9. The van der Waals surface area contributed by atoms with Crippen LogP contribution in [0.25, 0.3) is 0 Å². The maximum atomic E-state index is 12.9. The minimum Gasteiger partial charge on any atom is -0.462 e. The van der Waals surface area contributed by atoms with E-state index in [0.29, 0.717) is 19.3 Å². The molecule has 0 amide bonds. The van der Waals surface area contributed by atoms with Gasteiger partial charge in [-0.05, 0) is 37.0 Å². The molecule has 0 rings (SSSR count). The average Bonchev–Trinajstić information content (AvgIpc) is 3.38. The van der Waals surface area contributed by atoms with Crippen LogP contribution in [0.15, 0.2) is 0 Å². The van der Waals surface area contributed by atoms with E-state index in [9.17, 15) is 14.4 Å². The zero-order chi connectivity index (χ0) is 54.1. The molecule has 0 aromatic rings. The number of hydrogen-bond donors (Lipinski definition) is 0. The van der Waals surface area contributed by atoms with Gasteiger partial charge in [0, 0.05) is 19.3 Å². The third-order valence-corrected chi connectivity index (χ3v) is 16.0. The van der Waals surface area contributed by atoms with Gasteiger partial charge in [0.2, 0.25) is 0 Å². The van der Waals surface area contributed by atoms with Crippen molar-refractivity contribution in [2.45, 2.75) is 388 Å². The van der Waals surface area contributed by atoms with E-state index in [4.69, 9.17) is 14.2 Å². The average molecular weight is 1050 g/mol. The number of unbranched alkanes of at least 4 members (excludes halogenated alkanes) is 43. The standard InChI is InChI=1S/C68H132O6/c1-7-64(6)56-50-44-38-32-26-20-12-10-8-9-11-13-21-27-33-39-45-51-57-66(69)72-60-65(74-68(71)59-53-47-41-35-29-23-17-15-19-25-31-37-43-49-55-63(4)5)61-73-67(70)58-52-46-40-34-28-22-16-14-18-24-30-36-42-48-54-62(2)3/h62-65H,7-61H2,1-6H3/t64?,65-/m0/s1. The van der Waals surface area contributed by atoms with Crippen molar-refractivity contribution >= 4 is 17.9 Å². The second-order valence-corrected chi connectivity index (χ2v) is 24.7. The van der Waals surface area contributed by atoms with Crippen molar-refractivity contribution < 1.29 is 28.6 Å². The second-order valence-electron chi connectivity index (χ2n) is 24.7. The lowest BCUT2D eigenvalue weighted by Gasteiger charge is -2.18. The highest BCUT2D eigenvalue weighted by atomic mass is 16.6. The summed E-state index contributed by atoms with van der Waals surface area (Å²) in [5.74, 6) is 1.77. The molecular weight excluding hydrogens is 913 g/mol. The highest BCUT2D eigenvalue weighted by Gasteiger charge is 2.20. The molecule has 440 valence electrons. The summed E-state index contributed by atoms with van der Waals surface area (Å²) in [4.78, 5) is 38.4. The van der Waals surface area contributed by atoms with Crippen LogP contribution in [0.4, 0.5) is 0 Å². The Hall–Kier alpha value is -1.59. The Morgan fingerprint density at radius 3 is 0.703 bits per heavy atom. The van der Waals surface area contributed by atoms with E-state index in [-0.39, 0.29) is 31.1 Å². The molecule has 0 aliphatic rings. The lowest BCUT2D eigenvalue weighted by molar-refractivity contribution is -0.167. The number of esters is 3. The van der Waals surface area contributed by atoms with Crippen molar-refractivity contribution in [3.63, 3.8) is 0 Å². The Morgan fingerprint density at radius 1 is 0.270 bits per heavy atom. The minimum atomic E-state index is -0.765. The van der Waals surface area contributed by atoms with Crippen LogP contribution in [0.3, 0.4) is 0 Å². The number of rotatable bonds is 61. The molecule has 1 unspecified atom stereocenters. The Bertz CT molecular complexity index is 1150. The van der Waals surface area contributed by atoms with Crippen LogP contribution < -0.4 is 0 Å². The predicted molar refractivity (Wildman–Crippen MR) is 321 cm³/mol. The molecule has 2 atom stereocenters. The molecule has 0 saturated carbocycles. The summed E-state index contributed by atoms with van der Waals surface area (Å²) in [6.07, 6.45) is 65.3. The Morgan fingerprint density at radius 2 is 0.473 bits per heavy atom. The summed E-state index contributed by atoms with van der Waals surface area (Å²) in [7, 11) is 0. The van der Waals surface area contributed by atoms with Crippen molar-refractivity contribution in [2.75, 3.05) is 13.2 Å². The molecule has 6 nitrogen and oxygen atoms in total. The smallest absolute Gasteiger partial charge is 0.306 e. The molecule has 0 radical (unpaired) electrons. The number of carbonyl (C=O) groups excluding carboxylic acids is 3. The van der Waals surface area contributed by atoms with Gasteiger partial charge >= 0.3 is 17.9 Å². The molecule has 0 spiro atoms. The fraction of sp³-hybridized carbons (Fsp3) is 0.956. The van der Waals surface area contributed by atoms with Gasteiger partial charge in [-0.3, -0.25) is 14.4 Å². The first-order chi connectivity index (χ1) is 36.1. The predicted octanol–water partition coefficient (Wildman–Crippen LogP) is 22.6. The summed E-state index contributed by atoms with van der Waals surface area (Å²) in [5.41, 5.74) is 0. The van der Waals surface area contributed by atoms with Gasteiger partial charge in [-0.2, -0.15) is 0 Å². The van der Waals surface area contributed by atoms with E-state index in [2.05, 4.69) is 41.5 Å². The molecule has 0 saturated heterocycles. The van der Waals surface area contributed by atoms with Gasteiger partial charge in [0.1, 0.15) is 13.2 Å². The fourth-order valence-electron chi connectivity index (χ4n) is 10.6. The molecule has 6 heteroatoms. The Labute approximate surface area is 463 Å². The van der Waals surface area contributed by atoms with Crippen molar-refractivity contribution in [3.05, 3.63) is 0 Å². The summed E-state index contributed by atoms with van der Waals surface area (Å²) < 4.78 is 17.0. The van der Waals surface area contributed by atoms with Crippen molar-refractivity contribution in [1.29, 1.82) is 0 Å². The van der Waals surface area contributed by atoms with Crippen LogP contribution in [0.1, 0.15) is 382 Å². The van der Waals surface area contributed by atoms with E-state index in [1.807, 2.05) is 0 Å². The number of hydrogen-bond acceptors (Lipinski definition) is 6. The molecule has 74 heavy (non-hydrogen) atoms. The van der Waals surface area contributed by atoms with Crippen LogP contribution in [0.5, 0.6) is 0 Å². The fourth-order valence-corrected chi connectivity index (χ4v) is 10.6. The van der Waals surface area contributed by atoms with Crippen LogP contribution in [-0.4, -0.2) is 37.2 Å². The largest absolute Gasteiger partial charge is 0.462 e. The molecular formula is C68H132O6. The maximum absolute atomic E-state index is 12.9. The van der Waals surface area contributed by atoms with Crippen molar-refractivity contribution in [1.82, 2.24) is 0 Å². The molecule has 0 N–H and O–H groups in total. The summed E-state index contributed by atoms with van der Waals surface area (Å²) in [5, 5.41) is 0. The van der Waals surface area contributed by atoms with E-state index < -0.39 is 6.10 Å². The normalized spacial score (nSPS) is 12.5. The molecule has 0 bridgehead atoms. The molecule has 0 aliphatic heterocycles. The first-order valence-electron chi connectivity index (χ1n) is 33.6. The number of ether oxygens (including phenoxy) is 3. The minimum absolute atomic E-state index is 0.0622. The van der Waals surface area contributed by atoms with Gasteiger partial charge in [-0.25, -0.2) is 0 Å². The van der Waals surface area contributed by atoms with Crippen LogP contribution in [-0.2, 0) is 28.6 Å². The van der Waals surface area contributed by atoms with Crippen LogP contribution in [0.2, 0.25) is 0 Å². The molecule has 0 aromatic heterocycles. The van der Waals surface area contributed by atoms with E-state index in [0.717, 1.165) is 75.5 Å². The molecule has 0 fully saturated rings. The van der Waals surface area contributed by atoms with Gasteiger partial charge in [-0.1, -0.05) is 343 Å². The monoisotopic (exact) mass is 1050 g/mol. The zero-order valence-electron chi connectivity index (χ0n) is 51.1. The van der Waals surface area contributed by atoms with Crippen LogP contribution >= 0.6 is 0 Å². The second kappa shape index (κ2) is 59.1. The van der Waals surface area contributed by atoms with Gasteiger partial charge in [0.25, 0.3) is 0 Å². The summed E-state index contributed by atoms with van der Waals surface area (Å²) >= 11 is 0. The zero-order valence-corrected chi connectivity index (χ0v) is 51.1. The van der Waals surface area contributed by atoms with E-state index >= 15 is 0 Å². The quantitative estimate of drug-likeness (QED) is 0.0343. The van der Waals surface area contributed by atoms with E-state index in [1.54, 1.807) is 0 Å². The summed E-state index contributed by atoms with van der Waals surface area (Å²) in [6, 6.07) is 0. The lowest BCUT2D eigenvalue weighted by atomic mass is 9.99.